The van der Waals surface area contributed by atoms with E-state index < -0.39 is 0 Å². The second kappa shape index (κ2) is 12.3. The number of methoxy groups -OCH3 is 1. The minimum atomic E-state index is -0.163. The minimum Gasteiger partial charge on any atom is -0.497 e. The number of hydrogen-bond donors (Lipinski definition) is 0. The fraction of sp³-hybridized carbons (Fsp3) is 0.429. The second-order valence-electron chi connectivity index (χ2n) is 12.5. The number of fused-ring (bicyclic) bond motifs is 2. The van der Waals surface area contributed by atoms with Gasteiger partial charge in [0.15, 0.2) is 12.0 Å². The van der Waals surface area contributed by atoms with Crippen molar-refractivity contribution < 1.29 is 9.47 Å². The number of hydrogen-bond acceptors (Lipinski definition) is 8. The van der Waals surface area contributed by atoms with Crippen LogP contribution in [0.4, 0.5) is 5.82 Å². The van der Waals surface area contributed by atoms with Crippen LogP contribution in [-0.2, 0) is 11.3 Å². The van der Waals surface area contributed by atoms with Crippen LogP contribution in [0.3, 0.4) is 0 Å². The predicted octanol–water partition coefficient (Wildman–Crippen LogP) is 5.56. The first-order valence-corrected chi connectivity index (χ1v) is 16.0. The van der Waals surface area contributed by atoms with Gasteiger partial charge >= 0.3 is 0 Å². The largest absolute Gasteiger partial charge is 0.497 e. The van der Waals surface area contributed by atoms with Gasteiger partial charge in [-0.2, -0.15) is 5.10 Å². The molecule has 2 fully saturated rings. The molecule has 3 aromatic heterocycles. The van der Waals surface area contributed by atoms with Gasteiger partial charge in [-0.15, -0.1) is 0 Å². The summed E-state index contributed by atoms with van der Waals surface area (Å²) in [5.41, 5.74) is 5.70. The van der Waals surface area contributed by atoms with Crippen LogP contribution in [0.1, 0.15) is 63.4 Å². The third kappa shape index (κ3) is 5.57. The van der Waals surface area contributed by atoms with Crippen LogP contribution >= 0.6 is 0 Å². The summed E-state index contributed by atoms with van der Waals surface area (Å²) in [4.78, 5) is 27.6. The third-order valence-corrected chi connectivity index (χ3v) is 9.51. The van der Waals surface area contributed by atoms with Crippen molar-refractivity contribution in [1.29, 1.82) is 0 Å². The predicted molar refractivity (Wildman–Crippen MR) is 176 cm³/mol. The maximum absolute atomic E-state index is 13.6. The van der Waals surface area contributed by atoms with Gasteiger partial charge in [-0.1, -0.05) is 18.2 Å². The van der Waals surface area contributed by atoms with Gasteiger partial charge in [0, 0.05) is 56.3 Å². The molecule has 0 saturated carbocycles. The van der Waals surface area contributed by atoms with Crippen molar-refractivity contribution in [2.75, 3.05) is 31.7 Å². The van der Waals surface area contributed by atoms with E-state index in [4.69, 9.17) is 14.6 Å². The zero-order valence-electron chi connectivity index (χ0n) is 26.5. The van der Waals surface area contributed by atoms with Gasteiger partial charge in [0.2, 0.25) is 0 Å². The molecule has 0 aliphatic carbocycles. The number of rotatable bonds is 7. The van der Waals surface area contributed by atoms with E-state index in [1.165, 1.54) is 5.56 Å². The van der Waals surface area contributed by atoms with Gasteiger partial charge in [-0.05, 0) is 81.5 Å². The zero-order valence-corrected chi connectivity index (χ0v) is 26.5. The quantitative estimate of drug-likeness (QED) is 0.238. The molecule has 0 radical (unpaired) electrons. The van der Waals surface area contributed by atoms with E-state index in [1.54, 1.807) is 25.6 Å². The molecule has 2 aliphatic rings. The molecule has 4 atom stereocenters. The second-order valence-corrected chi connectivity index (χ2v) is 12.5. The van der Waals surface area contributed by atoms with E-state index in [1.807, 2.05) is 34.9 Å². The molecule has 10 heteroatoms. The summed E-state index contributed by atoms with van der Waals surface area (Å²) >= 11 is 0. The molecule has 5 heterocycles. The molecule has 0 N–H and O–H groups in total. The summed E-state index contributed by atoms with van der Waals surface area (Å²) in [6.45, 7) is 9.64. The Hall–Kier alpha value is -4.28. The Labute approximate surface area is 263 Å². The molecule has 0 amide bonds. The molecule has 0 spiro atoms. The molecule has 5 aromatic rings. The van der Waals surface area contributed by atoms with Gasteiger partial charge in [0.25, 0.3) is 5.56 Å². The van der Waals surface area contributed by atoms with Crippen molar-refractivity contribution in [3.05, 3.63) is 88.5 Å². The molecular weight excluding hydrogens is 566 g/mol. The third-order valence-electron chi connectivity index (χ3n) is 9.51. The number of nitrogens with zero attached hydrogens (tertiary/aromatic N) is 7. The van der Waals surface area contributed by atoms with E-state index in [2.05, 4.69) is 63.4 Å². The van der Waals surface area contributed by atoms with Crippen molar-refractivity contribution in [2.45, 2.75) is 70.9 Å². The molecule has 2 aliphatic heterocycles. The van der Waals surface area contributed by atoms with Crippen LogP contribution in [0.15, 0.2) is 71.8 Å². The zero-order chi connectivity index (χ0) is 31.1. The number of aromatic nitrogens is 5. The molecule has 10 nitrogen and oxygen atoms in total. The summed E-state index contributed by atoms with van der Waals surface area (Å²) in [5.74, 6) is 1.76. The van der Waals surface area contributed by atoms with Gasteiger partial charge in [0.1, 0.15) is 16.8 Å². The monoisotopic (exact) mass is 607 g/mol. The van der Waals surface area contributed by atoms with E-state index in [0.717, 1.165) is 71.5 Å². The number of anilines is 1. The highest BCUT2D eigenvalue weighted by Crippen LogP contribution is 2.37. The fourth-order valence-corrected chi connectivity index (χ4v) is 7.03. The van der Waals surface area contributed by atoms with Crippen LogP contribution in [0.25, 0.3) is 22.1 Å². The van der Waals surface area contributed by atoms with Gasteiger partial charge in [0.05, 0.1) is 24.7 Å². The van der Waals surface area contributed by atoms with Crippen molar-refractivity contribution in [3.63, 3.8) is 0 Å². The highest BCUT2D eigenvalue weighted by atomic mass is 16.5. The van der Waals surface area contributed by atoms with E-state index in [0.29, 0.717) is 13.2 Å². The van der Waals surface area contributed by atoms with Crippen LogP contribution in [0, 0.1) is 0 Å². The molecule has 234 valence electrons. The molecule has 2 saturated heterocycles. The number of piperazine rings is 1. The normalized spacial score (nSPS) is 21.8. The summed E-state index contributed by atoms with van der Waals surface area (Å²) in [7, 11) is 1.66. The van der Waals surface area contributed by atoms with E-state index in [9.17, 15) is 4.79 Å². The van der Waals surface area contributed by atoms with Crippen molar-refractivity contribution in [1.82, 2.24) is 29.2 Å². The SMILES string of the molecule is COc1ccc(Cn2c(=O)ccc3nn(C4CCCCO4)c(N4C[C@@H](C)N(C(C)c5ccc6nccnc6c5)C[C@@H]4C)c32)cc1. The minimum absolute atomic E-state index is 0.0453. The Bertz CT molecular complexity index is 1860. The number of pyridine rings is 1. The standard InChI is InChI=1S/C35H41N7O3/c1-23-21-40(24(2)20-39(23)25(3)27-10-13-29-31(19-27)37-17-16-36-29)35-34-30(38-42(35)33-7-5-6-18-45-33)14-15-32(43)41(34)22-26-8-11-28(44-4)12-9-26/h8-17,19,23-25,33H,5-7,18,20-22H2,1-4H3/t23-,24+,25?,33?/m1/s1. The van der Waals surface area contributed by atoms with Gasteiger partial charge in [-0.3, -0.25) is 24.2 Å². The van der Waals surface area contributed by atoms with Crippen molar-refractivity contribution in [3.8, 4) is 5.75 Å². The van der Waals surface area contributed by atoms with Crippen LogP contribution in [-0.4, -0.2) is 68.1 Å². The highest BCUT2D eigenvalue weighted by Gasteiger charge is 2.37. The van der Waals surface area contributed by atoms with Gasteiger partial charge < -0.3 is 14.4 Å². The summed E-state index contributed by atoms with van der Waals surface area (Å²) in [6, 6.07) is 18.4. The lowest BCUT2D eigenvalue weighted by Crippen LogP contribution is -2.57. The Morgan fingerprint density at radius 3 is 2.47 bits per heavy atom. The Morgan fingerprint density at radius 1 is 0.933 bits per heavy atom. The summed E-state index contributed by atoms with van der Waals surface area (Å²) in [5, 5.41) is 5.12. The smallest absolute Gasteiger partial charge is 0.251 e. The fourth-order valence-electron chi connectivity index (χ4n) is 7.03. The average molecular weight is 608 g/mol. The topological polar surface area (TPSA) is 90.5 Å². The molecule has 45 heavy (non-hydrogen) atoms. The van der Waals surface area contributed by atoms with Crippen molar-refractivity contribution in [2.24, 2.45) is 0 Å². The Kier molecular flexibility index (Phi) is 8.01. The van der Waals surface area contributed by atoms with Gasteiger partial charge in [-0.25, -0.2) is 4.68 Å². The molecule has 0 bridgehead atoms. The summed E-state index contributed by atoms with van der Waals surface area (Å²) < 4.78 is 15.6. The summed E-state index contributed by atoms with van der Waals surface area (Å²) in [6.07, 6.45) is 6.36. The first-order valence-electron chi connectivity index (χ1n) is 16.0. The first kappa shape index (κ1) is 29.4. The maximum atomic E-state index is 13.6. The van der Waals surface area contributed by atoms with E-state index >= 15 is 0 Å². The van der Waals surface area contributed by atoms with Crippen LogP contribution in [0.5, 0.6) is 5.75 Å². The Morgan fingerprint density at radius 2 is 1.71 bits per heavy atom. The molecule has 2 aromatic carbocycles. The first-order chi connectivity index (χ1) is 21.9. The molecular formula is C35H41N7O3. The highest BCUT2D eigenvalue weighted by molar-refractivity contribution is 5.88. The Balaban J connectivity index is 1.27. The average Bonchev–Trinajstić information content (AvgIpc) is 3.46. The lowest BCUT2D eigenvalue weighted by atomic mass is 10.00. The maximum Gasteiger partial charge on any atom is 0.251 e. The number of benzene rings is 2. The molecule has 2 unspecified atom stereocenters. The van der Waals surface area contributed by atoms with Crippen LogP contribution < -0.4 is 15.2 Å². The van der Waals surface area contributed by atoms with Crippen LogP contribution in [0.2, 0.25) is 0 Å². The van der Waals surface area contributed by atoms with Crippen molar-refractivity contribution >= 4 is 27.9 Å². The van der Waals surface area contributed by atoms with E-state index in [-0.39, 0.29) is 29.9 Å². The lowest BCUT2D eigenvalue weighted by molar-refractivity contribution is -0.0386. The number of ether oxygens (including phenoxy) is 2. The lowest BCUT2D eigenvalue weighted by Gasteiger charge is -2.48. The molecule has 7 rings (SSSR count).